The lowest BCUT2D eigenvalue weighted by atomic mass is 10.1. The van der Waals surface area contributed by atoms with Gasteiger partial charge in [0.05, 0.1) is 23.9 Å². The lowest BCUT2D eigenvalue weighted by molar-refractivity contribution is 0.0601. The molecule has 3 rings (SSSR count). The Kier molecular flexibility index (Phi) is 4.00. The molecule has 3 aromatic rings. The minimum atomic E-state index is -0.407. The first kappa shape index (κ1) is 15.4. The molecule has 0 saturated carbocycles. The van der Waals surface area contributed by atoms with Crippen molar-refractivity contribution in [2.75, 3.05) is 7.11 Å². The second kappa shape index (κ2) is 5.96. The number of hydrogen-bond donors (Lipinski definition) is 1. The Hall–Kier alpha value is -2.47. The van der Waals surface area contributed by atoms with Crippen molar-refractivity contribution >= 4 is 34.0 Å². The topological polar surface area (TPSA) is 72.1 Å². The van der Waals surface area contributed by atoms with Crippen LogP contribution in [0.25, 0.3) is 10.9 Å². The van der Waals surface area contributed by atoms with E-state index in [4.69, 9.17) is 4.74 Å². The Morgan fingerprint density at radius 1 is 1.30 bits per heavy atom. The summed E-state index contributed by atoms with van der Waals surface area (Å²) in [6.07, 6.45) is 1.66. The maximum Gasteiger partial charge on any atom is 0.337 e. The lowest BCUT2D eigenvalue weighted by Crippen LogP contribution is -2.02. The number of H-pyrrole nitrogens is 1. The standard InChI is InChI=1S/C17H16N2O3S/c1-9(2)14-8-23-16(19-14)15(20)12-7-18-13-6-10(17(21)22-3)4-5-11(12)13/h4-9,18H,1-3H3. The van der Waals surface area contributed by atoms with Crippen LogP contribution in [0.3, 0.4) is 0 Å². The molecule has 5 nitrogen and oxygen atoms in total. The number of ether oxygens (including phenoxy) is 1. The molecule has 0 aliphatic rings. The number of esters is 1. The molecule has 0 amide bonds. The van der Waals surface area contributed by atoms with Crippen LogP contribution in [0.15, 0.2) is 29.8 Å². The zero-order chi connectivity index (χ0) is 16.6. The molecular weight excluding hydrogens is 312 g/mol. The number of thiazole rings is 1. The lowest BCUT2D eigenvalue weighted by Gasteiger charge is -2.00. The highest BCUT2D eigenvalue weighted by Crippen LogP contribution is 2.25. The molecule has 1 aromatic carbocycles. The number of aromatic amines is 1. The van der Waals surface area contributed by atoms with Crippen molar-refractivity contribution in [1.82, 2.24) is 9.97 Å². The fourth-order valence-corrected chi connectivity index (χ4v) is 3.26. The molecule has 0 spiro atoms. The van der Waals surface area contributed by atoms with Gasteiger partial charge in [0.15, 0.2) is 5.01 Å². The van der Waals surface area contributed by atoms with E-state index in [9.17, 15) is 9.59 Å². The summed E-state index contributed by atoms with van der Waals surface area (Å²) in [6.45, 7) is 4.09. The molecule has 2 aromatic heterocycles. The van der Waals surface area contributed by atoms with E-state index in [0.717, 1.165) is 16.6 Å². The molecular formula is C17H16N2O3S. The molecule has 0 aliphatic heterocycles. The van der Waals surface area contributed by atoms with E-state index in [1.54, 1.807) is 24.4 Å². The number of ketones is 1. The first-order chi connectivity index (χ1) is 11.0. The number of fused-ring (bicyclic) bond motifs is 1. The predicted molar refractivity (Wildman–Crippen MR) is 89.3 cm³/mol. The smallest absolute Gasteiger partial charge is 0.337 e. The van der Waals surface area contributed by atoms with Gasteiger partial charge in [-0.15, -0.1) is 11.3 Å². The van der Waals surface area contributed by atoms with Gasteiger partial charge in [0.25, 0.3) is 0 Å². The SMILES string of the molecule is COC(=O)c1ccc2c(C(=O)c3nc(C(C)C)cs3)c[nH]c2c1. The van der Waals surface area contributed by atoms with Crippen LogP contribution in [0.1, 0.15) is 51.2 Å². The molecule has 0 atom stereocenters. The van der Waals surface area contributed by atoms with Crippen molar-refractivity contribution in [3.63, 3.8) is 0 Å². The number of benzene rings is 1. The minimum Gasteiger partial charge on any atom is -0.465 e. The van der Waals surface area contributed by atoms with Crippen LogP contribution in [0.5, 0.6) is 0 Å². The molecule has 2 heterocycles. The first-order valence-corrected chi connectivity index (χ1v) is 8.08. The van der Waals surface area contributed by atoms with Crippen LogP contribution in [-0.4, -0.2) is 28.8 Å². The van der Waals surface area contributed by atoms with Crippen LogP contribution in [0.4, 0.5) is 0 Å². The summed E-state index contributed by atoms with van der Waals surface area (Å²) in [5.74, 6) is -0.228. The van der Waals surface area contributed by atoms with Gasteiger partial charge in [-0.1, -0.05) is 19.9 Å². The van der Waals surface area contributed by atoms with Crippen LogP contribution in [0.2, 0.25) is 0 Å². The van der Waals surface area contributed by atoms with Gasteiger partial charge in [-0.3, -0.25) is 4.79 Å². The van der Waals surface area contributed by atoms with E-state index in [1.807, 2.05) is 19.2 Å². The van der Waals surface area contributed by atoms with E-state index in [2.05, 4.69) is 9.97 Å². The van der Waals surface area contributed by atoms with Gasteiger partial charge in [0.2, 0.25) is 5.78 Å². The van der Waals surface area contributed by atoms with Crippen molar-refractivity contribution in [1.29, 1.82) is 0 Å². The molecule has 0 fully saturated rings. The maximum atomic E-state index is 12.7. The molecule has 0 bridgehead atoms. The average molecular weight is 328 g/mol. The number of nitrogens with one attached hydrogen (secondary N) is 1. The Labute approximate surface area is 137 Å². The number of carbonyl (C=O) groups excluding carboxylic acids is 2. The van der Waals surface area contributed by atoms with Gasteiger partial charge >= 0.3 is 5.97 Å². The third-order valence-electron chi connectivity index (χ3n) is 3.66. The Balaban J connectivity index is 1.99. The fourth-order valence-electron chi connectivity index (χ4n) is 2.33. The Morgan fingerprint density at radius 2 is 2.09 bits per heavy atom. The van der Waals surface area contributed by atoms with E-state index < -0.39 is 5.97 Å². The Morgan fingerprint density at radius 3 is 2.74 bits per heavy atom. The van der Waals surface area contributed by atoms with Crippen LogP contribution >= 0.6 is 11.3 Å². The number of carbonyl (C=O) groups is 2. The van der Waals surface area contributed by atoms with Gasteiger partial charge in [-0.25, -0.2) is 9.78 Å². The predicted octanol–water partition coefficient (Wildman–Crippen LogP) is 3.77. The third-order valence-corrected chi connectivity index (χ3v) is 4.51. The summed E-state index contributed by atoms with van der Waals surface area (Å²) in [6, 6.07) is 5.09. The van der Waals surface area contributed by atoms with Crippen molar-refractivity contribution in [3.8, 4) is 0 Å². The second-order valence-electron chi connectivity index (χ2n) is 5.52. The number of nitrogens with zero attached hydrogens (tertiary/aromatic N) is 1. The van der Waals surface area contributed by atoms with Crippen LogP contribution in [0, 0.1) is 0 Å². The van der Waals surface area contributed by atoms with E-state index >= 15 is 0 Å². The summed E-state index contributed by atoms with van der Waals surface area (Å²) in [5.41, 5.74) is 2.64. The molecule has 0 unspecified atom stereocenters. The molecule has 0 saturated heterocycles. The fraction of sp³-hybridized carbons (Fsp3) is 0.235. The molecule has 1 N–H and O–H groups in total. The zero-order valence-corrected chi connectivity index (χ0v) is 13.9. The average Bonchev–Trinajstić information content (AvgIpc) is 3.19. The Bertz CT molecular complexity index is 892. The summed E-state index contributed by atoms with van der Waals surface area (Å²) < 4.78 is 4.71. The molecule has 0 radical (unpaired) electrons. The molecule has 118 valence electrons. The molecule has 0 aliphatic carbocycles. The normalized spacial score (nSPS) is 11.1. The molecule has 6 heteroatoms. The second-order valence-corrected chi connectivity index (χ2v) is 6.37. The van der Waals surface area contributed by atoms with Gasteiger partial charge in [-0.05, 0) is 18.1 Å². The monoisotopic (exact) mass is 328 g/mol. The summed E-state index contributed by atoms with van der Waals surface area (Å²) in [7, 11) is 1.34. The number of rotatable bonds is 4. The quantitative estimate of drug-likeness (QED) is 0.584. The van der Waals surface area contributed by atoms with E-state index in [1.165, 1.54) is 18.4 Å². The summed E-state index contributed by atoms with van der Waals surface area (Å²) in [5, 5.41) is 3.16. The highest BCUT2D eigenvalue weighted by atomic mass is 32.1. The largest absolute Gasteiger partial charge is 0.465 e. The van der Waals surface area contributed by atoms with Crippen molar-refractivity contribution in [2.24, 2.45) is 0 Å². The van der Waals surface area contributed by atoms with Crippen LogP contribution in [-0.2, 0) is 4.74 Å². The minimum absolute atomic E-state index is 0.112. The highest BCUT2D eigenvalue weighted by molar-refractivity contribution is 7.12. The third kappa shape index (κ3) is 2.77. The van der Waals surface area contributed by atoms with E-state index in [0.29, 0.717) is 22.1 Å². The highest BCUT2D eigenvalue weighted by Gasteiger charge is 2.19. The van der Waals surface area contributed by atoms with Gasteiger partial charge < -0.3 is 9.72 Å². The van der Waals surface area contributed by atoms with Crippen LogP contribution < -0.4 is 0 Å². The van der Waals surface area contributed by atoms with Gasteiger partial charge in [-0.2, -0.15) is 0 Å². The number of methoxy groups -OCH3 is 1. The van der Waals surface area contributed by atoms with Gasteiger partial charge in [0.1, 0.15) is 0 Å². The van der Waals surface area contributed by atoms with Crippen molar-refractivity contribution in [2.45, 2.75) is 19.8 Å². The van der Waals surface area contributed by atoms with Gasteiger partial charge in [0, 0.05) is 22.5 Å². The zero-order valence-electron chi connectivity index (χ0n) is 13.0. The first-order valence-electron chi connectivity index (χ1n) is 7.21. The van der Waals surface area contributed by atoms with E-state index in [-0.39, 0.29) is 5.78 Å². The number of hydrogen-bond acceptors (Lipinski definition) is 5. The summed E-state index contributed by atoms with van der Waals surface area (Å²) >= 11 is 1.36. The molecule has 23 heavy (non-hydrogen) atoms. The number of aromatic nitrogens is 2. The van der Waals surface area contributed by atoms with Crippen molar-refractivity contribution in [3.05, 3.63) is 51.6 Å². The van der Waals surface area contributed by atoms with Crippen molar-refractivity contribution < 1.29 is 14.3 Å². The summed E-state index contributed by atoms with van der Waals surface area (Å²) in [4.78, 5) is 31.7. The maximum absolute atomic E-state index is 12.7.